The number of hydrogen-bond donors (Lipinski definition) is 1. The maximum Gasteiger partial charge on any atom is 0.283 e. The summed E-state index contributed by atoms with van der Waals surface area (Å²) in [5.41, 5.74) is 0.527. The van der Waals surface area contributed by atoms with Crippen LogP contribution in [-0.2, 0) is 0 Å². The maximum atomic E-state index is 12.0. The molecule has 2 aromatic rings. The number of pyridine rings is 1. The van der Waals surface area contributed by atoms with Gasteiger partial charge in [-0.05, 0) is 40.2 Å². The SMILES string of the molecule is O=C(Nc1ccc([N+](=O)[O-])c(Br)c1)c1cc(Cl)nc(Cl)c1. The number of amides is 1. The molecule has 0 atom stereocenters. The average Bonchev–Trinajstić information content (AvgIpc) is 2.37. The largest absolute Gasteiger partial charge is 0.322 e. The zero-order valence-electron chi connectivity index (χ0n) is 10.1. The lowest BCUT2D eigenvalue weighted by Gasteiger charge is -2.06. The van der Waals surface area contributed by atoms with Crippen molar-refractivity contribution in [2.75, 3.05) is 5.32 Å². The molecule has 6 nitrogen and oxygen atoms in total. The first-order valence-electron chi connectivity index (χ1n) is 5.45. The molecule has 0 saturated heterocycles. The first-order valence-corrected chi connectivity index (χ1v) is 7.00. The number of benzene rings is 1. The number of anilines is 1. The Morgan fingerprint density at radius 2 is 1.86 bits per heavy atom. The van der Waals surface area contributed by atoms with Crippen molar-refractivity contribution < 1.29 is 9.72 Å². The molecule has 0 spiro atoms. The molecule has 21 heavy (non-hydrogen) atoms. The molecule has 2 rings (SSSR count). The minimum atomic E-state index is -0.530. The number of nitrogens with zero attached hydrogens (tertiary/aromatic N) is 2. The van der Waals surface area contributed by atoms with Crippen molar-refractivity contribution in [1.29, 1.82) is 0 Å². The van der Waals surface area contributed by atoms with Gasteiger partial charge in [0.05, 0.1) is 9.40 Å². The number of carbonyl (C=O) groups is 1. The first-order chi connectivity index (χ1) is 9.86. The van der Waals surface area contributed by atoms with Gasteiger partial charge < -0.3 is 5.32 Å². The molecule has 1 aromatic heterocycles. The van der Waals surface area contributed by atoms with Crippen molar-refractivity contribution in [2.24, 2.45) is 0 Å². The van der Waals surface area contributed by atoms with Crippen LogP contribution in [0.4, 0.5) is 11.4 Å². The molecule has 1 aromatic carbocycles. The third-order valence-electron chi connectivity index (χ3n) is 2.43. The number of nitro groups is 1. The molecule has 1 heterocycles. The molecule has 0 aliphatic carbocycles. The van der Waals surface area contributed by atoms with Gasteiger partial charge in [-0.3, -0.25) is 14.9 Å². The lowest BCUT2D eigenvalue weighted by Crippen LogP contribution is -2.12. The van der Waals surface area contributed by atoms with Crippen molar-refractivity contribution in [1.82, 2.24) is 4.98 Å². The van der Waals surface area contributed by atoms with E-state index in [2.05, 4.69) is 26.2 Å². The van der Waals surface area contributed by atoms with E-state index in [1.165, 1.54) is 30.3 Å². The van der Waals surface area contributed by atoms with Crippen LogP contribution in [0.15, 0.2) is 34.8 Å². The van der Waals surface area contributed by atoms with Crippen LogP contribution >= 0.6 is 39.1 Å². The summed E-state index contributed by atoms with van der Waals surface area (Å²) in [4.78, 5) is 26.0. The fourth-order valence-corrected chi connectivity index (χ4v) is 2.52. The van der Waals surface area contributed by atoms with E-state index < -0.39 is 10.8 Å². The van der Waals surface area contributed by atoms with Gasteiger partial charge in [0.1, 0.15) is 10.3 Å². The fourth-order valence-electron chi connectivity index (χ4n) is 1.53. The second-order valence-corrected chi connectivity index (χ2v) is 5.51. The van der Waals surface area contributed by atoms with E-state index in [1.807, 2.05) is 0 Å². The predicted octanol–water partition coefficient (Wildman–Crippen LogP) is 4.31. The Bertz CT molecular complexity index is 719. The molecular formula is C12H6BrCl2N3O3. The van der Waals surface area contributed by atoms with Crippen LogP contribution in [0, 0.1) is 10.1 Å². The number of hydrogen-bond acceptors (Lipinski definition) is 4. The van der Waals surface area contributed by atoms with Crippen molar-refractivity contribution in [3.8, 4) is 0 Å². The van der Waals surface area contributed by atoms with E-state index in [1.54, 1.807) is 0 Å². The number of halogens is 3. The van der Waals surface area contributed by atoms with Gasteiger partial charge in [-0.15, -0.1) is 0 Å². The Morgan fingerprint density at radius 3 is 2.38 bits per heavy atom. The van der Waals surface area contributed by atoms with Crippen LogP contribution in [0.1, 0.15) is 10.4 Å². The Labute approximate surface area is 137 Å². The van der Waals surface area contributed by atoms with Crippen molar-refractivity contribution in [3.05, 3.63) is 60.8 Å². The van der Waals surface area contributed by atoms with Gasteiger partial charge in [0, 0.05) is 17.3 Å². The third kappa shape index (κ3) is 3.90. The number of nitro benzene ring substituents is 1. The van der Waals surface area contributed by atoms with Gasteiger partial charge in [0.15, 0.2) is 0 Å². The lowest BCUT2D eigenvalue weighted by atomic mass is 10.2. The lowest BCUT2D eigenvalue weighted by molar-refractivity contribution is -0.385. The smallest absolute Gasteiger partial charge is 0.283 e. The van der Waals surface area contributed by atoms with Gasteiger partial charge in [-0.25, -0.2) is 4.98 Å². The van der Waals surface area contributed by atoms with Crippen LogP contribution in [0.25, 0.3) is 0 Å². The van der Waals surface area contributed by atoms with Gasteiger partial charge in [0.2, 0.25) is 0 Å². The van der Waals surface area contributed by atoms with Crippen LogP contribution in [-0.4, -0.2) is 15.8 Å². The maximum absolute atomic E-state index is 12.0. The predicted molar refractivity (Wildman–Crippen MR) is 83.0 cm³/mol. The van der Waals surface area contributed by atoms with Crippen LogP contribution in [0.2, 0.25) is 10.3 Å². The van der Waals surface area contributed by atoms with Gasteiger partial charge >= 0.3 is 0 Å². The quantitative estimate of drug-likeness (QED) is 0.480. The Hall–Kier alpha value is -1.70. The van der Waals surface area contributed by atoms with Crippen LogP contribution in [0.3, 0.4) is 0 Å². The van der Waals surface area contributed by atoms with E-state index in [0.717, 1.165) is 0 Å². The number of aromatic nitrogens is 1. The standard InChI is InChI=1S/C12H6BrCl2N3O3/c13-8-5-7(1-2-9(8)18(20)21)16-12(19)6-3-10(14)17-11(15)4-6/h1-5H,(H,16,19). The molecule has 1 N–H and O–H groups in total. The van der Waals surface area contributed by atoms with Crippen LogP contribution < -0.4 is 5.32 Å². The van der Waals surface area contributed by atoms with E-state index in [4.69, 9.17) is 23.2 Å². The number of carbonyl (C=O) groups excluding carboxylic acids is 1. The highest BCUT2D eigenvalue weighted by molar-refractivity contribution is 9.10. The Balaban J connectivity index is 2.23. The summed E-state index contributed by atoms with van der Waals surface area (Å²) in [7, 11) is 0. The molecule has 0 fully saturated rings. The first kappa shape index (κ1) is 15.7. The number of nitrogens with one attached hydrogen (secondary N) is 1. The minimum Gasteiger partial charge on any atom is -0.322 e. The van der Waals surface area contributed by atoms with E-state index >= 15 is 0 Å². The number of rotatable bonds is 3. The van der Waals surface area contributed by atoms with Crippen molar-refractivity contribution in [3.63, 3.8) is 0 Å². The summed E-state index contributed by atoms with van der Waals surface area (Å²) in [6.45, 7) is 0. The highest BCUT2D eigenvalue weighted by atomic mass is 79.9. The normalized spacial score (nSPS) is 10.2. The molecule has 108 valence electrons. The molecule has 1 amide bonds. The summed E-state index contributed by atoms with van der Waals surface area (Å²) in [5, 5.41) is 13.5. The molecule has 9 heteroatoms. The van der Waals surface area contributed by atoms with Crippen LogP contribution in [0.5, 0.6) is 0 Å². The Kier molecular flexibility index (Phi) is 4.76. The summed E-state index contributed by atoms with van der Waals surface area (Å²) in [5.74, 6) is -0.457. The summed E-state index contributed by atoms with van der Waals surface area (Å²) in [6, 6.07) is 6.87. The zero-order valence-corrected chi connectivity index (χ0v) is 13.2. The summed E-state index contributed by atoms with van der Waals surface area (Å²) in [6.07, 6.45) is 0. The van der Waals surface area contributed by atoms with Gasteiger partial charge in [0.25, 0.3) is 11.6 Å². The molecule has 0 radical (unpaired) electrons. The Morgan fingerprint density at radius 1 is 1.24 bits per heavy atom. The third-order valence-corrected chi connectivity index (χ3v) is 3.45. The van der Waals surface area contributed by atoms with E-state index in [-0.39, 0.29) is 26.0 Å². The summed E-state index contributed by atoms with van der Waals surface area (Å²) < 4.78 is 0.260. The zero-order chi connectivity index (χ0) is 15.6. The molecular weight excluding hydrogens is 385 g/mol. The monoisotopic (exact) mass is 389 g/mol. The average molecular weight is 391 g/mol. The van der Waals surface area contributed by atoms with E-state index in [0.29, 0.717) is 5.69 Å². The molecule has 0 aliphatic rings. The minimum absolute atomic E-state index is 0.0944. The topological polar surface area (TPSA) is 85.1 Å². The van der Waals surface area contributed by atoms with Gasteiger partial charge in [-0.1, -0.05) is 23.2 Å². The molecule has 0 aliphatic heterocycles. The summed E-state index contributed by atoms with van der Waals surface area (Å²) >= 11 is 14.5. The van der Waals surface area contributed by atoms with Crippen molar-refractivity contribution >= 4 is 56.4 Å². The molecule has 0 bridgehead atoms. The highest BCUT2D eigenvalue weighted by Gasteiger charge is 2.14. The van der Waals surface area contributed by atoms with Crippen molar-refractivity contribution in [2.45, 2.75) is 0 Å². The molecule has 0 saturated carbocycles. The second-order valence-electron chi connectivity index (χ2n) is 3.88. The second kappa shape index (κ2) is 6.38. The van der Waals surface area contributed by atoms with E-state index in [9.17, 15) is 14.9 Å². The van der Waals surface area contributed by atoms with Gasteiger partial charge in [-0.2, -0.15) is 0 Å². The highest BCUT2D eigenvalue weighted by Crippen LogP contribution is 2.28. The fraction of sp³-hybridized carbons (Fsp3) is 0. The molecule has 0 unspecified atom stereocenters.